The van der Waals surface area contributed by atoms with Crippen molar-refractivity contribution in [3.8, 4) is 0 Å². The van der Waals surface area contributed by atoms with Crippen LogP contribution >= 0.6 is 11.6 Å². The summed E-state index contributed by atoms with van der Waals surface area (Å²) >= 11 is 5.80. The lowest BCUT2D eigenvalue weighted by atomic mass is 10.0. The summed E-state index contributed by atoms with van der Waals surface area (Å²) in [6, 6.07) is 6.12. The van der Waals surface area contributed by atoms with Crippen LogP contribution in [0.2, 0.25) is 5.02 Å². The van der Waals surface area contributed by atoms with Crippen LogP contribution in [0.3, 0.4) is 0 Å². The normalized spacial score (nSPS) is 11.0. The van der Waals surface area contributed by atoms with Gasteiger partial charge in [-0.1, -0.05) is 23.7 Å². The molecule has 0 aliphatic rings. The number of anilines is 1. The molecule has 2 heterocycles. The molecular formula is C18H15ClFN3O3. The molecule has 0 saturated heterocycles. The van der Waals surface area contributed by atoms with E-state index in [1.165, 1.54) is 22.9 Å². The Balaban J connectivity index is 2.20. The van der Waals surface area contributed by atoms with Crippen molar-refractivity contribution >= 4 is 34.7 Å². The highest BCUT2D eigenvalue weighted by Gasteiger charge is 2.15. The molecule has 0 bridgehead atoms. The third kappa shape index (κ3) is 3.18. The van der Waals surface area contributed by atoms with Gasteiger partial charge in [0.2, 0.25) is 5.43 Å². The van der Waals surface area contributed by atoms with Gasteiger partial charge in [0.15, 0.2) is 6.29 Å². The Labute approximate surface area is 152 Å². The molecule has 3 N–H and O–H groups in total. The SMILES string of the molecule is Nc1nc2c(cc1Cc1cccc(Cl)c1F)c(=O)c(C=O)cn2CCO. The van der Waals surface area contributed by atoms with E-state index in [2.05, 4.69) is 4.98 Å². The third-order valence-corrected chi connectivity index (χ3v) is 4.36. The average Bonchev–Trinajstić information content (AvgIpc) is 2.62. The summed E-state index contributed by atoms with van der Waals surface area (Å²) in [6.07, 6.45) is 1.87. The van der Waals surface area contributed by atoms with Crippen molar-refractivity contribution in [1.82, 2.24) is 9.55 Å². The van der Waals surface area contributed by atoms with Crippen LogP contribution in [0.5, 0.6) is 0 Å². The minimum Gasteiger partial charge on any atom is -0.395 e. The van der Waals surface area contributed by atoms with Crippen LogP contribution in [0.15, 0.2) is 35.3 Å². The van der Waals surface area contributed by atoms with Crippen molar-refractivity contribution in [1.29, 1.82) is 0 Å². The van der Waals surface area contributed by atoms with Crippen LogP contribution in [-0.2, 0) is 13.0 Å². The summed E-state index contributed by atoms with van der Waals surface area (Å²) in [5, 5.41) is 9.35. The molecule has 6 nitrogen and oxygen atoms in total. The minimum absolute atomic E-state index is 0.0108. The van der Waals surface area contributed by atoms with Gasteiger partial charge in [-0.05, 0) is 23.3 Å². The number of carbonyl (C=O) groups is 1. The van der Waals surface area contributed by atoms with Crippen molar-refractivity contribution < 1.29 is 14.3 Å². The molecule has 3 rings (SSSR count). The Morgan fingerprint density at radius 2 is 2.12 bits per heavy atom. The second-order valence-electron chi connectivity index (χ2n) is 5.74. The summed E-state index contributed by atoms with van der Waals surface area (Å²) in [5.41, 5.74) is 6.44. The number of fused-ring (bicyclic) bond motifs is 1. The highest BCUT2D eigenvalue weighted by Crippen LogP contribution is 2.24. The lowest BCUT2D eigenvalue weighted by molar-refractivity contribution is 0.112. The zero-order chi connectivity index (χ0) is 18.8. The number of nitrogens with two attached hydrogens (primary N) is 1. The Bertz CT molecular complexity index is 1070. The fraction of sp³-hybridized carbons (Fsp3) is 0.167. The summed E-state index contributed by atoms with van der Waals surface area (Å²) in [7, 11) is 0. The number of carbonyl (C=O) groups excluding carboxylic acids is 1. The molecule has 2 aromatic heterocycles. The van der Waals surface area contributed by atoms with Gasteiger partial charge in [0, 0.05) is 19.2 Å². The molecule has 3 aromatic rings. The van der Waals surface area contributed by atoms with E-state index in [-0.39, 0.29) is 47.0 Å². The Morgan fingerprint density at radius 1 is 1.35 bits per heavy atom. The molecule has 1 aromatic carbocycles. The molecule has 0 amide bonds. The van der Waals surface area contributed by atoms with Gasteiger partial charge in [-0.2, -0.15) is 0 Å². The topological polar surface area (TPSA) is 98.2 Å². The monoisotopic (exact) mass is 375 g/mol. The largest absolute Gasteiger partial charge is 0.395 e. The fourth-order valence-corrected chi connectivity index (χ4v) is 2.98. The van der Waals surface area contributed by atoms with Crippen molar-refractivity contribution in [2.24, 2.45) is 0 Å². The first-order valence-electron chi connectivity index (χ1n) is 7.77. The number of nitrogen functional groups attached to an aromatic ring is 1. The lowest BCUT2D eigenvalue weighted by Crippen LogP contribution is -2.18. The first-order chi connectivity index (χ1) is 12.5. The van der Waals surface area contributed by atoms with Gasteiger partial charge in [0.05, 0.1) is 22.6 Å². The molecule has 8 heteroatoms. The smallest absolute Gasteiger partial charge is 0.201 e. The maximum absolute atomic E-state index is 14.2. The first-order valence-corrected chi connectivity index (χ1v) is 8.15. The highest BCUT2D eigenvalue weighted by atomic mass is 35.5. The van der Waals surface area contributed by atoms with Gasteiger partial charge in [-0.15, -0.1) is 0 Å². The number of rotatable bonds is 5. The molecule has 0 aliphatic heterocycles. The van der Waals surface area contributed by atoms with Crippen LogP contribution in [-0.4, -0.2) is 27.6 Å². The molecule has 134 valence electrons. The van der Waals surface area contributed by atoms with Crippen LogP contribution in [0.4, 0.5) is 10.2 Å². The van der Waals surface area contributed by atoms with Gasteiger partial charge in [-0.3, -0.25) is 9.59 Å². The van der Waals surface area contributed by atoms with E-state index in [1.807, 2.05) is 0 Å². The maximum Gasteiger partial charge on any atom is 0.201 e. The predicted octanol–water partition coefficient (Wildman–Crippen LogP) is 2.17. The number of nitrogens with zero attached hydrogens (tertiary/aromatic N) is 2. The zero-order valence-electron chi connectivity index (χ0n) is 13.6. The number of benzene rings is 1. The molecule has 0 unspecified atom stereocenters. The lowest BCUT2D eigenvalue weighted by Gasteiger charge is -2.13. The van der Waals surface area contributed by atoms with Crippen molar-refractivity contribution in [3.63, 3.8) is 0 Å². The standard InChI is InChI=1S/C18H15ClFN3O3/c19-14-3-1-2-10(15(14)20)6-11-7-13-16(26)12(9-25)8-23(4-5-24)18(13)22-17(11)21/h1-3,7-9,24H,4-6H2,(H2,21,22). The molecule has 0 fully saturated rings. The van der Waals surface area contributed by atoms with E-state index < -0.39 is 11.2 Å². The van der Waals surface area contributed by atoms with Crippen LogP contribution in [0.1, 0.15) is 21.5 Å². The van der Waals surface area contributed by atoms with Crippen molar-refractivity contribution in [2.45, 2.75) is 13.0 Å². The molecule has 26 heavy (non-hydrogen) atoms. The molecule has 0 spiro atoms. The van der Waals surface area contributed by atoms with Gasteiger partial charge >= 0.3 is 0 Å². The molecule has 0 saturated carbocycles. The molecular weight excluding hydrogens is 361 g/mol. The summed E-state index contributed by atoms with van der Waals surface area (Å²) in [4.78, 5) is 27.9. The predicted molar refractivity (Wildman–Crippen MR) is 97.1 cm³/mol. The second-order valence-corrected chi connectivity index (χ2v) is 6.15. The number of aliphatic hydroxyl groups is 1. The van der Waals surface area contributed by atoms with E-state index in [1.54, 1.807) is 12.1 Å². The Kier molecular flexibility index (Phi) is 5.01. The number of aliphatic hydroxyl groups excluding tert-OH is 1. The van der Waals surface area contributed by atoms with Crippen molar-refractivity contribution in [3.05, 3.63) is 68.2 Å². The van der Waals surface area contributed by atoms with E-state index >= 15 is 0 Å². The van der Waals surface area contributed by atoms with Crippen molar-refractivity contribution in [2.75, 3.05) is 12.3 Å². The fourth-order valence-electron chi connectivity index (χ4n) is 2.78. The Morgan fingerprint density at radius 3 is 2.81 bits per heavy atom. The molecule has 0 aliphatic carbocycles. The second kappa shape index (κ2) is 7.23. The van der Waals surface area contributed by atoms with E-state index in [0.29, 0.717) is 17.4 Å². The van der Waals surface area contributed by atoms with Crippen LogP contribution < -0.4 is 11.2 Å². The number of halogens is 2. The van der Waals surface area contributed by atoms with Gasteiger partial charge in [0.1, 0.15) is 17.3 Å². The highest BCUT2D eigenvalue weighted by molar-refractivity contribution is 6.30. The summed E-state index contributed by atoms with van der Waals surface area (Å²) < 4.78 is 15.6. The third-order valence-electron chi connectivity index (χ3n) is 4.07. The Hall–Kier alpha value is -2.77. The minimum atomic E-state index is -0.562. The number of hydrogen-bond donors (Lipinski definition) is 2. The van der Waals surface area contributed by atoms with E-state index in [4.69, 9.17) is 17.3 Å². The quantitative estimate of drug-likeness (QED) is 0.666. The van der Waals surface area contributed by atoms with Gasteiger partial charge in [-0.25, -0.2) is 9.37 Å². The summed E-state index contributed by atoms with van der Waals surface area (Å²) in [6.45, 7) is -0.0559. The van der Waals surface area contributed by atoms with E-state index in [9.17, 15) is 19.1 Å². The number of aldehydes is 1. The zero-order valence-corrected chi connectivity index (χ0v) is 14.3. The maximum atomic E-state index is 14.2. The number of pyridine rings is 2. The summed E-state index contributed by atoms with van der Waals surface area (Å²) in [5.74, 6) is -0.435. The average molecular weight is 376 g/mol. The first kappa shape index (κ1) is 18.0. The van der Waals surface area contributed by atoms with Gasteiger partial charge < -0.3 is 15.4 Å². The number of hydrogen-bond acceptors (Lipinski definition) is 5. The van der Waals surface area contributed by atoms with Gasteiger partial charge in [0.25, 0.3) is 0 Å². The number of aromatic nitrogens is 2. The van der Waals surface area contributed by atoms with Crippen LogP contribution in [0, 0.1) is 5.82 Å². The molecule has 0 radical (unpaired) electrons. The van der Waals surface area contributed by atoms with E-state index in [0.717, 1.165) is 0 Å². The van der Waals surface area contributed by atoms with Crippen LogP contribution in [0.25, 0.3) is 11.0 Å². The molecule has 0 atom stereocenters.